The molecule has 2 fully saturated rings. The van der Waals surface area contributed by atoms with Crippen molar-refractivity contribution in [3.05, 3.63) is 0 Å². The average molecular weight is 607 g/mol. The van der Waals surface area contributed by atoms with E-state index in [9.17, 15) is 28.8 Å². The lowest BCUT2D eigenvalue weighted by Crippen LogP contribution is -2.56. The number of aliphatic imine (C=N–C) groups is 1. The van der Waals surface area contributed by atoms with Crippen LogP contribution in [0.25, 0.3) is 0 Å². The zero-order valence-corrected chi connectivity index (χ0v) is 28.6. The number of ether oxygens (including phenoxy) is 1. The molecule has 2 heterocycles. The first-order valence-corrected chi connectivity index (χ1v) is 14.9. The largest absolute Gasteiger partial charge is 0.444 e. The van der Waals surface area contributed by atoms with Crippen molar-refractivity contribution in [2.45, 2.75) is 133 Å². The fourth-order valence-corrected chi connectivity index (χ4v) is 4.74. The van der Waals surface area contributed by atoms with Crippen LogP contribution in [0.15, 0.2) is 4.99 Å². The maximum atomic E-state index is 12.4. The molecule has 2 aliphatic heterocycles. The van der Waals surface area contributed by atoms with E-state index in [1.54, 1.807) is 20.8 Å². The summed E-state index contributed by atoms with van der Waals surface area (Å²) < 4.78 is 5.30. The van der Waals surface area contributed by atoms with Crippen molar-refractivity contribution in [2.24, 2.45) is 26.7 Å². The number of nitrogens with zero attached hydrogens (tertiary/aromatic N) is 3. The van der Waals surface area contributed by atoms with E-state index in [4.69, 9.17) is 4.74 Å². The van der Waals surface area contributed by atoms with E-state index in [0.717, 1.165) is 0 Å². The summed E-state index contributed by atoms with van der Waals surface area (Å²) in [6.45, 7) is 25.0. The molecule has 0 spiro atoms. The number of likely N-dealkylation sites (tertiary alicyclic amines) is 2. The molecule has 2 atom stereocenters. The van der Waals surface area contributed by atoms with Gasteiger partial charge in [-0.05, 0) is 42.4 Å². The molecule has 11 heteroatoms. The summed E-state index contributed by atoms with van der Waals surface area (Å²) in [6.07, 6.45) is 2.36. The number of hydrogen-bond acceptors (Lipinski definition) is 8. The van der Waals surface area contributed by atoms with Gasteiger partial charge >= 0.3 is 6.09 Å². The summed E-state index contributed by atoms with van der Waals surface area (Å²) >= 11 is 0. The maximum Gasteiger partial charge on any atom is 0.407 e. The van der Waals surface area contributed by atoms with E-state index in [1.807, 2.05) is 69.2 Å². The summed E-state index contributed by atoms with van der Waals surface area (Å²) in [7, 11) is 0. The highest BCUT2D eigenvalue weighted by molar-refractivity contribution is 5.99. The van der Waals surface area contributed by atoms with Crippen LogP contribution in [-0.4, -0.2) is 76.4 Å². The standard InChI is InChI=1S/C18H32N2O4.C14H22N2O3/c1-16(2,3)12(19-15(23)24-17(4,5)6)11-20-13(21)9-18(7,8)10-14(20)22;1-13(2,3)10(15-9-17)8-16-11(18)6-14(4,5)7-12(16)19/h12H,9-11H2,1-8H3,(H,19,23);10H,6-8H2,1-5H3/t12-;10-/m11/s1. The van der Waals surface area contributed by atoms with Gasteiger partial charge in [-0.15, -0.1) is 0 Å². The maximum absolute atomic E-state index is 12.4. The minimum Gasteiger partial charge on any atom is -0.444 e. The van der Waals surface area contributed by atoms with Gasteiger partial charge in [-0.2, -0.15) is 0 Å². The highest BCUT2D eigenvalue weighted by Gasteiger charge is 2.41. The Bertz CT molecular complexity index is 1080. The molecule has 0 radical (unpaired) electrons. The molecule has 244 valence electrons. The minimum atomic E-state index is -0.604. The van der Waals surface area contributed by atoms with Crippen molar-refractivity contribution in [1.29, 1.82) is 0 Å². The first-order chi connectivity index (χ1) is 19.2. The SMILES string of the molecule is CC1(C)CC(=O)N(C[C@@H](N=C=O)C(C)(C)C)C(=O)C1.CC1(C)CC(=O)N(C[C@@H](NC(=O)OC(C)(C)C)C(C)(C)C)C(=O)C1. The highest BCUT2D eigenvalue weighted by Crippen LogP contribution is 2.34. The van der Waals surface area contributed by atoms with Crippen LogP contribution in [0.2, 0.25) is 0 Å². The first kappa shape index (κ1) is 38.0. The zero-order valence-electron chi connectivity index (χ0n) is 28.6. The van der Waals surface area contributed by atoms with Crippen LogP contribution in [0.1, 0.15) is 116 Å². The van der Waals surface area contributed by atoms with Gasteiger partial charge in [-0.3, -0.25) is 29.0 Å². The minimum absolute atomic E-state index is 0.159. The van der Waals surface area contributed by atoms with Crippen LogP contribution >= 0.6 is 0 Å². The smallest absolute Gasteiger partial charge is 0.407 e. The Morgan fingerprint density at radius 1 is 0.767 bits per heavy atom. The summed E-state index contributed by atoms with van der Waals surface area (Å²) in [5, 5.41) is 2.82. The third-order valence-electron chi connectivity index (χ3n) is 7.39. The van der Waals surface area contributed by atoms with Gasteiger partial charge in [0.05, 0.1) is 18.6 Å². The van der Waals surface area contributed by atoms with Crippen molar-refractivity contribution < 1.29 is 33.5 Å². The first-order valence-electron chi connectivity index (χ1n) is 14.9. The van der Waals surface area contributed by atoms with E-state index < -0.39 is 17.7 Å². The van der Waals surface area contributed by atoms with Crippen LogP contribution in [0, 0.1) is 21.7 Å². The van der Waals surface area contributed by atoms with Gasteiger partial charge in [-0.25, -0.2) is 14.6 Å². The van der Waals surface area contributed by atoms with E-state index in [-0.39, 0.29) is 64.4 Å². The molecule has 2 rings (SSSR count). The Labute approximate surface area is 257 Å². The number of carbonyl (C=O) groups excluding carboxylic acids is 6. The van der Waals surface area contributed by atoms with E-state index >= 15 is 0 Å². The molecule has 2 saturated heterocycles. The monoisotopic (exact) mass is 606 g/mol. The molecule has 0 aliphatic carbocycles. The number of alkyl carbamates (subject to hydrolysis) is 1. The molecule has 0 bridgehead atoms. The number of carbonyl (C=O) groups is 5. The quantitative estimate of drug-likeness (QED) is 0.254. The Morgan fingerprint density at radius 2 is 1.14 bits per heavy atom. The lowest BCUT2D eigenvalue weighted by molar-refractivity contribution is -0.154. The van der Waals surface area contributed by atoms with Gasteiger partial charge in [0.1, 0.15) is 5.60 Å². The van der Waals surface area contributed by atoms with E-state index in [1.165, 1.54) is 15.9 Å². The number of imide groups is 2. The molecule has 2 aliphatic rings. The third kappa shape index (κ3) is 12.6. The summed E-state index contributed by atoms with van der Waals surface area (Å²) in [4.78, 5) is 77.7. The summed E-state index contributed by atoms with van der Waals surface area (Å²) in [5.74, 6) is -0.735. The topological polar surface area (TPSA) is 143 Å². The van der Waals surface area contributed by atoms with Crippen molar-refractivity contribution in [3.63, 3.8) is 0 Å². The number of rotatable bonds is 6. The third-order valence-corrected chi connectivity index (χ3v) is 7.39. The summed E-state index contributed by atoms with van der Waals surface area (Å²) in [6, 6.07) is -0.805. The molecule has 0 aromatic carbocycles. The van der Waals surface area contributed by atoms with Crippen LogP contribution in [0.3, 0.4) is 0 Å². The van der Waals surface area contributed by atoms with Gasteiger partial charge in [0.2, 0.25) is 29.7 Å². The van der Waals surface area contributed by atoms with Crippen LogP contribution in [0.5, 0.6) is 0 Å². The molecule has 1 N–H and O–H groups in total. The van der Waals surface area contributed by atoms with Gasteiger partial charge in [0, 0.05) is 32.2 Å². The molecule has 0 saturated carbocycles. The van der Waals surface area contributed by atoms with Gasteiger partial charge in [0.15, 0.2) is 0 Å². The average Bonchev–Trinajstić information content (AvgIpc) is 2.73. The molecular formula is C32H54N4O7. The second-order valence-corrected chi connectivity index (χ2v) is 16.5. The van der Waals surface area contributed by atoms with Gasteiger partial charge in [0.25, 0.3) is 0 Å². The lowest BCUT2D eigenvalue weighted by Gasteiger charge is -2.39. The molecule has 5 amide bonds. The second kappa shape index (κ2) is 13.7. The Morgan fingerprint density at radius 3 is 1.44 bits per heavy atom. The fourth-order valence-electron chi connectivity index (χ4n) is 4.74. The van der Waals surface area contributed by atoms with E-state index in [2.05, 4.69) is 10.3 Å². The number of amides is 5. The van der Waals surface area contributed by atoms with Crippen molar-refractivity contribution in [1.82, 2.24) is 15.1 Å². The molecule has 43 heavy (non-hydrogen) atoms. The van der Waals surface area contributed by atoms with Gasteiger partial charge in [-0.1, -0.05) is 69.2 Å². The Kier molecular flexibility index (Phi) is 12.1. The molecular weight excluding hydrogens is 552 g/mol. The molecule has 0 unspecified atom stereocenters. The number of nitrogens with one attached hydrogen (secondary N) is 1. The summed E-state index contributed by atoms with van der Waals surface area (Å²) in [5.41, 5.74) is -1.82. The molecule has 0 aromatic rings. The number of hydrogen-bond donors (Lipinski definition) is 1. The van der Waals surface area contributed by atoms with Crippen molar-refractivity contribution in [2.75, 3.05) is 13.1 Å². The normalized spacial score (nSPS) is 20.4. The van der Waals surface area contributed by atoms with E-state index in [0.29, 0.717) is 25.7 Å². The van der Waals surface area contributed by atoms with Crippen LogP contribution in [-0.2, 0) is 28.7 Å². The van der Waals surface area contributed by atoms with Crippen LogP contribution in [0.4, 0.5) is 4.79 Å². The van der Waals surface area contributed by atoms with Crippen LogP contribution < -0.4 is 5.32 Å². The highest BCUT2D eigenvalue weighted by atomic mass is 16.6. The Hall–Kier alpha value is -3.07. The second-order valence-electron chi connectivity index (χ2n) is 16.5. The number of piperidine rings is 2. The molecule has 0 aromatic heterocycles. The predicted octanol–water partition coefficient (Wildman–Crippen LogP) is 5.01. The lowest BCUT2D eigenvalue weighted by atomic mass is 9.80. The van der Waals surface area contributed by atoms with Crippen molar-refractivity contribution in [3.8, 4) is 0 Å². The fraction of sp³-hybridized carbons (Fsp3) is 0.812. The number of isocyanates is 1. The van der Waals surface area contributed by atoms with Gasteiger partial charge < -0.3 is 10.1 Å². The van der Waals surface area contributed by atoms with Crippen molar-refractivity contribution >= 4 is 35.8 Å². The zero-order chi connectivity index (χ0) is 33.8. The predicted molar refractivity (Wildman–Crippen MR) is 163 cm³/mol. The Balaban J connectivity index is 0.000000442. The molecule has 11 nitrogen and oxygen atoms in total.